The van der Waals surface area contributed by atoms with Gasteiger partial charge in [-0.1, -0.05) is 6.92 Å². The maximum absolute atomic E-state index is 4.23. The van der Waals surface area contributed by atoms with Crippen molar-refractivity contribution in [2.24, 2.45) is 7.05 Å². The van der Waals surface area contributed by atoms with Gasteiger partial charge in [0.2, 0.25) is 0 Å². The van der Waals surface area contributed by atoms with E-state index in [0.29, 0.717) is 6.04 Å². The van der Waals surface area contributed by atoms with Gasteiger partial charge >= 0.3 is 0 Å². The topological polar surface area (TPSA) is 33.1 Å². The first-order chi connectivity index (χ1) is 8.53. The molecule has 0 radical (unpaired) electrons. The Morgan fingerprint density at radius 2 is 2.28 bits per heavy atom. The molecule has 0 amide bonds. The van der Waals surface area contributed by atoms with Crippen molar-refractivity contribution in [3.8, 4) is 0 Å². The van der Waals surface area contributed by atoms with Crippen molar-refractivity contribution in [1.29, 1.82) is 0 Å². The Kier molecular flexibility index (Phi) is 4.07. The molecular formula is C14H26N4. The number of nitrogens with zero attached hydrogens (tertiary/aromatic N) is 3. The first-order valence-corrected chi connectivity index (χ1v) is 6.98. The summed E-state index contributed by atoms with van der Waals surface area (Å²) < 4.78 is 1.98. The minimum atomic E-state index is 0.254. The second-order valence-electron chi connectivity index (χ2n) is 5.94. The number of hydrogen-bond donors (Lipinski definition) is 1. The summed E-state index contributed by atoms with van der Waals surface area (Å²) in [5.74, 6) is 0. The maximum Gasteiger partial charge on any atom is 0.0492 e. The minimum Gasteiger partial charge on any atom is -0.311 e. The third-order valence-corrected chi connectivity index (χ3v) is 4.17. The molecule has 1 saturated heterocycles. The fourth-order valence-corrected chi connectivity index (χ4v) is 2.65. The largest absolute Gasteiger partial charge is 0.311 e. The number of aromatic nitrogens is 2. The van der Waals surface area contributed by atoms with Gasteiger partial charge in [0.15, 0.2) is 0 Å². The lowest BCUT2D eigenvalue weighted by Crippen LogP contribution is -2.62. The molecule has 1 aliphatic heterocycles. The zero-order valence-corrected chi connectivity index (χ0v) is 12.1. The molecule has 1 atom stereocenters. The molecular weight excluding hydrogens is 224 g/mol. The lowest BCUT2D eigenvalue weighted by Gasteiger charge is -2.46. The van der Waals surface area contributed by atoms with Crippen molar-refractivity contribution in [2.75, 3.05) is 19.6 Å². The van der Waals surface area contributed by atoms with Crippen molar-refractivity contribution in [3.05, 3.63) is 18.0 Å². The van der Waals surface area contributed by atoms with E-state index >= 15 is 0 Å². The smallest absolute Gasteiger partial charge is 0.0492 e. The molecule has 0 bridgehead atoms. The van der Waals surface area contributed by atoms with Crippen LogP contribution in [-0.2, 0) is 13.5 Å². The summed E-state index contributed by atoms with van der Waals surface area (Å²) in [6.07, 6.45) is 4.17. The van der Waals surface area contributed by atoms with Gasteiger partial charge in [-0.15, -0.1) is 0 Å². The van der Waals surface area contributed by atoms with E-state index < -0.39 is 0 Å². The molecule has 1 aromatic heterocycles. The fraction of sp³-hybridized carbons (Fsp3) is 0.786. The van der Waals surface area contributed by atoms with Crippen molar-refractivity contribution in [2.45, 2.75) is 45.2 Å². The van der Waals surface area contributed by atoms with Gasteiger partial charge < -0.3 is 5.32 Å². The van der Waals surface area contributed by atoms with Gasteiger partial charge in [0.05, 0.1) is 0 Å². The summed E-state index contributed by atoms with van der Waals surface area (Å²) in [6.45, 7) is 10.3. The molecule has 0 aliphatic carbocycles. The van der Waals surface area contributed by atoms with Crippen molar-refractivity contribution in [3.63, 3.8) is 0 Å². The second-order valence-corrected chi connectivity index (χ2v) is 5.94. The van der Waals surface area contributed by atoms with Crippen LogP contribution in [0, 0.1) is 0 Å². The molecule has 0 spiro atoms. The van der Waals surface area contributed by atoms with Gasteiger partial charge in [-0.25, -0.2) is 0 Å². The zero-order valence-electron chi connectivity index (χ0n) is 12.1. The van der Waals surface area contributed by atoms with Crippen LogP contribution in [0.15, 0.2) is 12.3 Å². The molecule has 1 unspecified atom stereocenters. The standard InChI is InChI=1S/C14H26N4/c1-5-12-10-18(14(2,3)11-15-12)9-7-13-6-8-16-17(13)4/h6,8,12,15H,5,7,9-11H2,1-4H3. The summed E-state index contributed by atoms with van der Waals surface area (Å²) in [7, 11) is 2.02. The van der Waals surface area contributed by atoms with E-state index in [-0.39, 0.29) is 5.54 Å². The van der Waals surface area contributed by atoms with Gasteiger partial charge in [-0.05, 0) is 26.3 Å². The van der Waals surface area contributed by atoms with Crippen LogP contribution in [0.1, 0.15) is 32.9 Å². The highest BCUT2D eigenvalue weighted by Gasteiger charge is 2.32. The molecule has 2 heterocycles. The van der Waals surface area contributed by atoms with E-state index in [9.17, 15) is 0 Å². The highest BCUT2D eigenvalue weighted by molar-refractivity contribution is 5.02. The summed E-state index contributed by atoms with van der Waals surface area (Å²) in [4.78, 5) is 2.62. The van der Waals surface area contributed by atoms with Gasteiger partial charge in [0.1, 0.15) is 0 Å². The van der Waals surface area contributed by atoms with E-state index in [4.69, 9.17) is 0 Å². The van der Waals surface area contributed by atoms with Crippen LogP contribution in [0.25, 0.3) is 0 Å². The number of aryl methyl sites for hydroxylation is 1. The summed E-state index contributed by atoms with van der Waals surface area (Å²) in [5, 5.41) is 7.87. The Hall–Kier alpha value is -0.870. The number of nitrogens with one attached hydrogen (secondary N) is 1. The van der Waals surface area contributed by atoms with Gasteiger partial charge in [-0.2, -0.15) is 5.10 Å². The highest BCUT2D eigenvalue weighted by Crippen LogP contribution is 2.20. The maximum atomic E-state index is 4.23. The van der Waals surface area contributed by atoms with Crippen LogP contribution in [0.2, 0.25) is 0 Å². The molecule has 2 rings (SSSR count). The van der Waals surface area contributed by atoms with Gasteiger partial charge in [0, 0.05) is 56.6 Å². The van der Waals surface area contributed by atoms with Crippen LogP contribution < -0.4 is 5.32 Å². The Bertz CT molecular complexity index is 383. The van der Waals surface area contributed by atoms with E-state index in [2.05, 4.69) is 42.2 Å². The summed E-state index contributed by atoms with van der Waals surface area (Å²) in [5.41, 5.74) is 1.57. The third-order valence-electron chi connectivity index (χ3n) is 4.17. The van der Waals surface area contributed by atoms with Crippen LogP contribution in [-0.4, -0.2) is 45.9 Å². The number of piperazine rings is 1. The predicted molar refractivity (Wildman–Crippen MR) is 74.6 cm³/mol. The summed E-state index contributed by atoms with van der Waals surface area (Å²) in [6, 6.07) is 2.76. The van der Waals surface area contributed by atoms with Gasteiger partial charge in [-0.3, -0.25) is 9.58 Å². The highest BCUT2D eigenvalue weighted by atomic mass is 15.3. The van der Waals surface area contributed by atoms with Crippen molar-refractivity contribution >= 4 is 0 Å². The summed E-state index contributed by atoms with van der Waals surface area (Å²) >= 11 is 0. The Balaban J connectivity index is 1.95. The fourth-order valence-electron chi connectivity index (χ4n) is 2.65. The van der Waals surface area contributed by atoms with E-state index in [1.54, 1.807) is 0 Å². The molecule has 1 fully saturated rings. The Morgan fingerprint density at radius 3 is 2.89 bits per heavy atom. The monoisotopic (exact) mass is 250 g/mol. The second kappa shape index (κ2) is 5.41. The van der Waals surface area contributed by atoms with Crippen molar-refractivity contribution in [1.82, 2.24) is 20.0 Å². The quantitative estimate of drug-likeness (QED) is 0.877. The van der Waals surface area contributed by atoms with Crippen LogP contribution >= 0.6 is 0 Å². The molecule has 1 aliphatic rings. The first-order valence-electron chi connectivity index (χ1n) is 6.98. The van der Waals surface area contributed by atoms with E-state index in [1.807, 2.05) is 17.9 Å². The normalized spacial score (nSPS) is 24.3. The van der Waals surface area contributed by atoms with Crippen LogP contribution in [0.3, 0.4) is 0 Å². The van der Waals surface area contributed by atoms with E-state index in [0.717, 1.165) is 26.1 Å². The lowest BCUT2D eigenvalue weighted by atomic mass is 9.96. The lowest BCUT2D eigenvalue weighted by molar-refractivity contribution is 0.0659. The first kappa shape index (κ1) is 13.6. The molecule has 1 N–H and O–H groups in total. The Morgan fingerprint density at radius 1 is 1.50 bits per heavy atom. The molecule has 4 heteroatoms. The number of rotatable bonds is 4. The van der Waals surface area contributed by atoms with Gasteiger partial charge in [0.25, 0.3) is 0 Å². The predicted octanol–water partition coefficient (Wildman–Crippen LogP) is 1.42. The third kappa shape index (κ3) is 2.93. The average molecular weight is 250 g/mol. The molecule has 4 nitrogen and oxygen atoms in total. The van der Waals surface area contributed by atoms with Crippen LogP contribution in [0.5, 0.6) is 0 Å². The molecule has 0 aromatic carbocycles. The average Bonchev–Trinajstić information content (AvgIpc) is 2.73. The zero-order chi connectivity index (χ0) is 13.2. The minimum absolute atomic E-state index is 0.254. The van der Waals surface area contributed by atoms with Crippen molar-refractivity contribution < 1.29 is 0 Å². The Labute approximate surface area is 110 Å². The molecule has 18 heavy (non-hydrogen) atoms. The molecule has 102 valence electrons. The molecule has 0 saturated carbocycles. The molecule has 1 aromatic rings. The van der Waals surface area contributed by atoms with Crippen LogP contribution in [0.4, 0.5) is 0 Å². The van der Waals surface area contributed by atoms with E-state index in [1.165, 1.54) is 12.1 Å². The number of hydrogen-bond acceptors (Lipinski definition) is 3. The SMILES string of the molecule is CCC1CN(CCc2ccnn2C)C(C)(C)CN1.